The smallest absolute Gasteiger partial charge is 0.241 e. The van der Waals surface area contributed by atoms with Gasteiger partial charge in [-0.1, -0.05) is 57.5 Å². The van der Waals surface area contributed by atoms with Gasteiger partial charge in [-0.2, -0.15) is 0 Å². The molecule has 0 spiro atoms. The van der Waals surface area contributed by atoms with Gasteiger partial charge in [0, 0.05) is 6.54 Å². The van der Waals surface area contributed by atoms with Crippen LogP contribution in [0.5, 0.6) is 0 Å². The molecule has 1 fully saturated rings. The average molecular weight is 274 g/mol. The van der Waals surface area contributed by atoms with Crippen LogP contribution in [0.1, 0.15) is 45.0 Å². The maximum atomic E-state index is 12.6. The SMILES string of the molecule is Cc1cccc(C2NC(C(C)C)C(=O)N2CC(C)C)c1. The third-order valence-corrected chi connectivity index (χ3v) is 3.78. The Morgan fingerprint density at radius 2 is 1.95 bits per heavy atom. The lowest BCUT2D eigenvalue weighted by molar-refractivity contribution is -0.131. The minimum absolute atomic E-state index is 0.0113. The lowest BCUT2D eigenvalue weighted by Crippen LogP contribution is -2.36. The van der Waals surface area contributed by atoms with E-state index >= 15 is 0 Å². The van der Waals surface area contributed by atoms with E-state index in [-0.39, 0.29) is 18.1 Å². The molecule has 1 aliphatic heterocycles. The zero-order valence-electron chi connectivity index (χ0n) is 13.2. The summed E-state index contributed by atoms with van der Waals surface area (Å²) in [5.41, 5.74) is 2.41. The lowest BCUT2D eigenvalue weighted by atomic mass is 10.0. The van der Waals surface area contributed by atoms with Gasteiger partial charge in [0.2, 0.25) is 5.91 Å². The first-order valence-corrected chi connectivity index (χ1v) is 7.53. The molecule has 0 radical (unpaired) electrons. The largest absolute Gasteiger partial charge is 0.321 e. The Kier molecular flexibility index (Phi) is 4.48. The van der Waals surface area contributed by atoms with E-state index in [1.54, 1.807) is 0 Å². The molecule has 1 aromatic rings. The normalized spacial score (nSPS) is 23.1. The first kappa shape index (κ1) is 15.0. The summed E-state index contributed by atoms with van der Waals surface area (Å²) in [4.78, 5) is 14.6. The van der Waals surface area contributed by atoms with Gasteiger partial charge in [-0.15, -0.1) is 0 Å². The molecule has 3 nitrogen and oxygen atoms in total. The van der Waals surface area contributed by atoms with Crippen LogP contribution in [0.4, 0.5) is 0 Å². The van der Waals surface area contributed by atoms with E-state index in [1.165, 1.54) is 11.1 Å². The first-order valence-electron chi connectivity index (χ1n) is 7.53. The number of rotatable bonds is 4. The van der Waals surface area contributed by atoms with Gasteiger partial charge in [-0.25, -0.2) is 0 Å². The highest BCUT2D eigenvalue weighted by Gasteiger charge is 2.40. The highest BCUT2D eigenvalue weighted by Crippen LogP contribution is 2.29. The van der Waals surface area contributed by atoms with Crippen LogP contribution in [0.15, 0.2) is 24.3 Å². The van der Waals surface area contributed by atoms with Crippen molar-refractivity contribution >= 4 is 5.91 Å². The topological polar surface area (TPSA) is 32.3 Å². The third kappa shape index (κ3) is 3.04. The molecule has 3 heteroatoms. The number of hydrogen-bond donors (Lipinski definition) is 1. The summed E-state index contributed by atoms with van der Waals surface area (Å²) in [6.45, 7) is 11.4. The zero-order valence-corrected chi connectivity index (χ0v) is 13.2. The van der Waals surface area contributed by atoms with Crippen LogP contribution >= 0.6 is 0 Å². The highest BCUT2D eigenvalue weighted by molar-refractivity contribution is 5.84. The van der Waals surface area contributed by atoms with E-state index in [1.807, 2.05) is 4.90 Å². The van der Waals surface area contributed by atoms with Crippen molar-refractivity contribution in [2.24, 2.45) is 11.8 Å². The van der Waals surface area contributed by atoms with Gasteiger partial charge in [0.1, 0.15) is 6.17 Å². The van der Waals surface area contributed by atoms with E-state index in [0.29, 0.717) is 11.8 Å². The van der Waals surface area contributed by atoms with Crippen LogP contribution in [0, 0.1) is 18.8 Å². The molecule has 0 saturated carbocycles. The summed E-state index contributed by atoms with van der Waals surface area (Å²) in [6.07, 6.45) is 0.0113. The summed E-state index contributed by atoms with van der Waals surface area (Å²) < 4.78 is 0. The highest BCUT2D eigenvalue weighted by atomic mass is 16.2. The predicted molar refractivity (Wildman–Crippen MR) is 82.2 cm³/mol. The number of carbonyl (C=O) groups is 1. The maximum Gasteiger partial charge on any atom is 0.241 e. The van der Waals surface area contributed by atoms with Gasteiger partial charge < -0.3 is 4.90 Å². The second-order valence-corrected chi connectivity index (χ2v) is 6.59. The summed E-state index contributed by atoms with van der Waals surface area (Å²) in [6, 6.07) is 8.36. The third-order valence-electron chi connectivity index (χ3n) is 3.78. The monoisotopic (exact) mass is 274 g/mol. The van der Waals surface area contributed by atoms with Gasteiger partial charge in [-0.05, 0) is 24.3 Å². The van der Waals surface area contributed by atoms with E-state index in [9.17, 15) is 4.79 Å². The number of carbonyl (C=O) groups excluding carboxylic acids is 1. The minimum Gasteiger partial charge on any atom is -0.321 e. The van der Waals surface area contributed by atoms with E-state index < -0.39 is 0 Å². The fraction of sp³-hybridized carbons (Fsp3) is 0.588. The summed E-state index contributed by atoms with van der Waals surface area (Å²) in [7, 11) is 0. The molecule has 1 N–H and O–H groups in total. The Morgan fingerprint density at radius 1 is 1.25 bits per heavy atom. The van der Waals surface area contributed by atoms with Crippen LogP contribution < -0.4 is 5.32 Å². The quantitative estimate of drug-likeness (QED) is 0.915. The van der Waals surface area contributed by atoms with Crippen molar-refractivity contribution in [1.82, 2.24) is 10.2 Å². The molecule has 0 bridgehead atoms. The van der Waals surface area contributed by atoms with Gasteiger partial charge in [0.25, 0.3) is 0 Å². The van der Waals surface area contributed by atoms with Crippen molar-refractivity contribution in [3.63, 3.8) is 0 Å². The van der Waals surface area contributed by atoms with Gasteiger partial charge in [0.15, 0.2) is 0 Å². The molecule has 110 valence electrons. The van der Waals surface area contributed by atoms with Crippen molar-refractivity contribution in [2.75, 3.05) is 6.54 Å². The van der Waals surface area contributed by atoms with Gasteiger partial charge in [-0.3, -0.25) is 10.1 Å². The standard InChI is InChI=1S/C17H26N2O/c1-11(2)10-19-16(14-8-6-7-13(5)9-14)18-15(12(3)4)17(19)20/h6-9,11-12,15-16,18H,10H2,1-5H3. The molecular weight excluding hydrogens is 248 g/mol. The summed E-state index contributed by atoms with van der Waals surface area (Å²) >= 11 is 0. The van der Waals surface area contributed by atoms with Crippen molar-refractivity contribution < 1.29 is 4.79 Å². The summed E-state index contributed by atoms with van der Waals surface area (Å²) in [5.74, 6) is 1.02. The number of nitrogens with zero attached hydrogens (tertiary/aromatic N) is 1. The second kappa shape index (κ2) is 5.96. The van der Waals surface area contributed by atoms with Gasteiger partial charge in [0.05, 0.1) is 6.04 Å². The Balaban J connectivity index is 2.31. The Morgan fingerprint density at radius 3 is 2.50 bits per heavy atom. The number of aryl methyl sites for hydroxylation is 1. The Labute approximate surface area is 122 Å². The van der Waals surface area contributed by atoms with Crippen molar-refractivity contribution in [3.05, 3.63) is 35.4 Å². The fourth-order valence-corrected chi connectivity index (χ4v) is 2.82. The van der Waals surface area contributed by atoms with Crippen LogP contribution in [0.2, 0.25) is 0 Å². The zero-order chi connectivity index (χ0) is 14.9. The second-order valence-electron chi connectivity index (χ2n) is 6.59. The first-order chi connectivity index (χ1) is 9.40. The number of nitrogens with one attached hydrogen (secondary N) is 1. The molecule has 2 rings (SSSR count). The molecule has 1 saturated heterocycles. The van der Waals surface area contributed by atoms with Crippen LogP contribution in [-0.2, 0) is 4.79 Å². The van der Waals surface area contributed by atoms with Crippen LogP contribution in [0.3, 0.4) is 0 Å². The van der Waals surface area contributed by atoms with E-state index in [4.69, 9.17) is 0 Å². The molecule has 20 heavy (non-hydrogen) atoms. The molecule has 1 aromatic carbocycles. The Bertz CT molecular complexity index is 482. The van der Waals surface area contributed by atoms with Crippen molar-refractivity contribution in [2.45, 2.75) is 46.8 Å². The fourth-order valence-electron chi connectivity index (χ4n) is 2.82. The number of amides is 1. The van der Waals surface area contributed by atoms with Crippen LogP contribution in [-0.4, -0.2) is 23.4 Å². The van der Waals surface area contributed by atoms with Crippen molar-refractivity contribution in [3.8, 4) is 0 Å². The molecule has 1 aliphatic rings. The number of hydrogen-bond acceptors (Lipinski definition) is 2. The molecular formula is C17H26N2O. The molecule has 1 heterocycles. The predicted octanol–water partition coefficient (Wildman–Crippen LogP) is 3.11. The minimum atomic E-state index is -0.0701. The van der Waals surface area contributed by atoms with Crippen LogP contribution in [0.25, 0.3) is 0 Å². The lowest BCUT2D eigenvalue weighted by Gasteiger charge is -2.26. The molecule has 2 atom stereocenters. The molecule has 1 amide bonds. The van der Waals surface area contributed by atoms with Crippen molar-refractivity contribution in [1.29, 1.82) is 0 Å². The molecule has 0 aromatic heterocycles. The average Bonchev–Trinajstić information content (AvgIpc) is 2.67. The maximum absolute atomic E-state index is 12.6. The van der Waals surface area contributed by atoms with E-state index in [0.717, 1.165) is 6.54 Å². The summed E-state index contributed by atoms with van der Waals surface area (Å²) in [5, 5.41) is 3.52. The van der Waals surface area contributed by atoms with E-state index in [2.05, 4.69) is 64.2 Å². The molecule has 0 aliphatic carbocycles. The molecule has 2 unspecified atom stereocenters. The number of benzene rings is 1. The van der Waals surface area contributed by atoms with Gasteiger partial charge >= 0.3 is 0 Å². The Hall–Kier alpha value is -1.35.